The Bertz CT molecular complexity index is 852. The highest BCUT2D eigenvalue weighted by molar-refractivity contribution is 7.09. The van der Waals surface area contributed by atoms with Gasteiger partial charge in [-0.3, -0.25) is 9.78 Å². The third-order valence-electron chi connectivity index (χ3n) is 3.60. The topological polar surface area (TPSA) is 73.3 Å². The Morgan fingerprint density at radius 3 is 2.81 bits per heavy atom. The summed E-state index contributed by atoms with van der Waals surface area (Å²) in [6.45, 7) is 0.452. The predicted molar refractivity (Wildman–Crippen MR) is 101 cm³/mol. The van der Waals surface area contributed by atoms with Gasteiger partial charge in [-0.05, 0) is 24.3 Å². The summed E-state index contributed by atoms with van der Waals surface area (Å²) in [4.78, 5) is 20.6. The monoisotopic (exact) mass is 369 g/mol. The standard InChI is InChI=1S/C19H19N3O3S/c1-24-16-6-2-3-7-17(16)25-12-18(23)21-10-8-19-22-15(13-26-19)14-5-4-9-20-11-14/h2-7,9,11,13H,8,10,12H2,1H3,(H,21,23). The van der Waals surface area contributed by atoms with E-state index in [0.29, 0.717) is 24.5 Å². The van der Waals surface area contributed by atoms with Crippen molar-refractivity contribution in [3.63, 3.8) is 0 Å². The van der Waals surface area contributed by atoms with Crippen molar-refractivity contribution in [3.05, 3.63) is 59.2 Å². The van der Waals surface area contributed by atoms with Gasteiger partial charge in [0.15, 0.2) is 18.1 Å². The van der Waals surface area contributed by atoms with Gasteiger partial charge < -0.3 is 14.8 Å². The quantitative estimate of drug-likeness (QED) is 0.661. The molecule has 0 bridgehead atoms. The van der Waals surface area contributed by atoms with Crippen LogP contribution in [0.3, 0.4) is 0 Å². The van der Waals surface area contributed by atoms with Crippen LogP contribution >= 0.6 is 11.3 Å². The molecule has 3 aromatic rings. The highest BCUT2D eigenvalue weighted by Crippen LogP contribution is 2.25. The van der Waals surface area contributed by atoms with Crippen molar-refractivity contribution in [3.8, 4) is 22.8 Å². The summed E-state index contributed by atoms with van der Waals surface area (Å²) in [6, 6.07) is 11.1. The normalized spacial score (nSPS) is 10.3. The molecule has 26 heavy (non-hydrogen) atoms. The number of rotatable bonds is 8. The highest BCUT2D eigenvalue weighted by Gasteiger charge is 2.08. The Labute approximate surface area is 155 Å². The van der Waals surface area contributed by atoms with Gasteiger partial charge in [-0.25, -0.2) is 4.98 Å². The van der Waals surface area contributed by atoms with Crippen LogP contribution in [0.4, 0.5) is 0 Å². The molecule has 0 radical (unpaired) electrons. The zero-order valence-electron chi connectivity index (χ0n) is 14.3. The van der Waals surface area contributed by atoms with Gasteiger partial charge >= 0.3 is 0 Å². The van der Waals surface area contributed by atoms with Crippen molar-refractivity contribution in [2.24, 2.45) is 0 Å². The molecule has 1 N–H and O–H groups in total. The fraction of sp³-hybridized carbons (Fsp3) is 0.211. The van der Waals surface area contributed by atoms with E-state index < -0.39 is 0 Å². The zero-order valence-corrected chi connectivity index (χ0v) is 15.2. The molecule has 0 atom stereocenters. The van der Waals surface area contributed by atoms with Crippen LogP contribution in [0.2, 0.25) is 0 Å². The van der Waals surface area contributed by atoms with Crippen molar-refractivity contribution >= 4 is 17.2 Å². The number of carbonyl (C=O) groups is 1. The van der Waals surface area contributed by atoms with Gasteiger partial charge in [-0.1, -0.05) is 12.1 Å². The number of amides is 1. The van der Waals surface area contributed by atoms with Crippen LogP contribution in [0, 0.1) is 0 Å². The smallest absolute Gasteiger partial charge is 0.257 e. The summed E-state index contributed by atoms with van der Waals surface area (Å²) in [6.07, 6.45) is 4.19. The molecule has 2 heterocycles. The largest absolute Gasteiger partial charge is 0.493 e. The van der Waals surface area contributed by atoms with E-state index in [2.05, 4.69) is 15.3 Å². The van der Waals surface area contributed by atoms with Gasteiger partial charge in [-0.2, -0.15) is 0 Å². The number of benzene rings is 1. The van der Waals surface area contributed by atoms with Crippen LogP contribution in [0.25, 0.3) is 11.3 Å². The molecule has 0 saturated carbocycles. The number of ether oxygens (including phenoxy) is 2. The van der Waals surface area contributed by atoms with Gasteiger partial charge in [0.05, 0.1) is 17.8 Å². The molecular weight excluding hydrogens is 350 g/mol. The minimum absolute atomic E-state index is 0.0564. The fourth-order valence-corrected chi connectivity index (χ4v) is 3.12. The number of thiazole rings is 1. The Morgan fingerprint density at radius 1 is 1.19 bits per heavy atom. The van der Waals surface area contributed by atoms with Crippen molar-refractivity contribution in [2.75, 3.05) is 20.3 Å². The maximum atomic E-state index is 11.9. The highest BCUT2D eigenvalue weighted by atomic mass is 32.1. The zero-order chi connectivity index (χ0) is 18.2. The van der Waals surface area contributed by atoms with E-state index in [1.807, 2.05) is 29.6 Å². The first-order valence-corrected chi connectivity index (χ1v) is 9.01. The summed E-state index contributed by atoms with van der Waals surface area (Å²) in [5, 5.41) is 5.80. The Balaban J connectivity index is 1.43. The van der Waals surface area contributed by atoms with E-state index in [1.165, 1.54) is 0 Å². The molecule has 7 heteroatoms. The first-order valence-electron chi connectivity index (χ1n) is 8.13. The van der Waals surface area contributed by atoms with Crippen LogP contribution in [-0.4, -0.2) is 36.1 Å². The summed E-state index contributed by atoms with van der Waals surface area (Å²) in [5.74, 6) is 0.970. The number of nitrogens with zero attached hydrogens (tertiary/aromatic N) is 2. The number of carbonyl (C=O) groups excluding carboxylic acids is 1. The maximum Gasteiger partial charge on any atom is 0.257 e. The van der Waals surface area contributed by atoms with Crippen LogP contribution in [0.15, 0.2) is 54.2 Å². The second-order valence-electron chi connectivity index (χ2n) is 5.41. The molecule has 134 valence electrons. The molecule has 0 spiro atoms. The predicted octanol–water partition coefficient (Wildman–Crippen LogP) is 2.95. The lowest BCUT2D eigenvalue weighted by Gasteiger charge is -2.10. The van der Waals surface area contributed by atoms with Crippen LogP contribution in [0.1, 0.15) is 5.01 Å². The van der Waals surface area contributed by atoms with E-state index in [1.54, 1.807) is 43.0 Å². The lowest BCUT2D eigenvalue weighted by Crippen LogP contribution is -2.30. The van der Waals surface area contributed by atoms with Gasteiger partial charge in [0.25, 0.3) is 5.91 Å². The number of hydrogen-bond acceptors (Lipinski definition) is 6. The second kappa shape index (κ2) is 8.96. The van der Waals surface area contributed by atoms with E-state index in [9.17, 15) is 4.79 Å². The summed E-state index contributed by atoms with van der Waals surface area (Å²) >= 11 is 1.57. The summed E-state index contributed by atoms with van der Waals surface area (Å²) < 4.78 is 10.7. The van der Waals surface area contributed by atoms with Crippen LogP contribution < -0.4 is 14.8 Å². The molecule has 1 aromatic carbocycles. The molecule has 0 fully saturated rings. The number of para-hydroxylation sites is 2. The summed E-state index contributed by atoms with van der Waals surface area (Å²) in [7, 11) is 1.57. The lowest BCUT2D eigenvalue weighted by atomic mass is 10.2. The van der Waals surface area contributed by atoms with Gasteiger partial charge in [0.2, 0.25) is 0 Å². The van der Waals surface area contributed by atoms with E-state index in [0.717, 1.165) is 16.3 Å². The molecule has 1 amide bonds. The number of pyridine rings is 1. The van der Waals surface area contributed by atoms with Crippen LogP contribution in [0.5, 0.6) is 11.5 Å². The number of nitrogens with one attached hydrogen (secondary N) is 1. The molecule has 0 aliphatic carbocycles. The molecule has 6 nitrogen and oxygen atoms in total. The second-order valence-corrected chi connectivity index (χ2v) is 6.35. The van der Waals surface area contributed by atoms with Crippen molar-refractivity contribution in [1.82, 2.24) is 15.3 Å². The van der Waals surface area contributed by atoms with Gasteiger partial charge in [-0.15, -0.1) is 11.3 Å². The van der Waals surface area contributed by atoms with Crippen molar-refractivity contribution in [2.45, 2.75) is 6.42 Å². The molecule has 0 aliphatic heterocycles. The fourth-order valence-electron chi connectivity index (χ4n) is 2.31. The SMILES string of the molecule is COc1ccccc1OCC(=O)NCCc1nc(-c2cccnc2)cs1. The average molecular weight is 369 g/mol. The molecular formula is C19H19N3O3S. The van der Waals surface area contributed by atoms with Crippen LogP contribution in [-0.2, 0) is 11.2 Å². The number of methoxy groups -OCH3 is 1. The number of aromatic nitrogens is 2. The minimum atomic E-state index is -0.181. The Morgan fingerprint density at radius 2 is 2.04 bits per heavy atom. The lowest BCUT2D eigenvalue weighted by molar-refractivity contribution is -0.123. The maximum absolute atomic E-state index is 11.9. The molecule has 3 rings (SSSR count). The molecule has 2 aromatic heterocycles. The first-order chi connectivity index (χ1) is 12.8. The minimum Gasteiger partial charge on any atom is -0.493 e. The first kappa shape index (κ1) is 17.9. The third-order valence-corrected chi connectivity index (χ3v) is 4.51. The van der Waals surface area contributed by atoms with Crippen molar-refractivity contribution in [1.29, 1.82) is 0 Å². The Kier molecular flexibility index (Phi) is 6.16. The summed E-state index contributed by atoms with van der Waals surface area (Å²) in [5.41, 5.74) is 1.90. The molecule has 0 aliphatic rings. The van der Waals surface area contributed by atoms with E-state index in [-0.39, 0.29) is 12.5 Å². The van der Waals surface area contributed by atoms with Gasteiger partial charge in [0, 0.05) is 36.3 Å². The van der Waals surface area contributed by atoms with E-state index >= 15 is 0 Å². The Hall–Kier alpha value is -2.93. The van der Waals surface area contributed by atoms with E-state index in [4.69, 9.17) is 9.47 Å². The third kappa shape index (κ3) is 4.80. The van der Waals surface area contributed by atoms with Crippen molar-refractivity contribution < 1.29 is 14.3 Å². The van der Waals surface area contributed by atoms with Gasteiger partial charge in [0.1, 0.15) is 0 Å². The molecule has 0 saturated heterocycles. The average Bonchev–Trinajstić information content (AvgIpc) is 3.16. The molecule has 0 unspecified atom stereocenters. The number of hydrogen-bond donors (Lipinski definition) is 1.